The van der Waals surface area contributed by atoms with Gasteiger partial charge in [0.15, 0.2) is 16.4 Å². The highest BCUT2D eigenvalue weighted by Gasteiger charge is 2.17. The maximum absolute atomic E-state index is 11.7. The van der Waals surface area contributed by atoms with Gasteiger partial charge in [-0.25, -0.2) is 13.2 Å². The summed E-state index contributed by atoms with van der Waals surface area (Å²) in [5.41, 5.74) is 0.919. The minimum atomic E-state index is -3.37. The quantitative estimate of drug-likeness (QED) is 0.643. The second kappa shape index (κ2) is 9.27. The van der Waals surface area contributed by atoms with E-state index in [9.17, 15) is 18.0 Å². The van der Waals surface area contributed by atoms with Gasteiger partial charge in [-0.3, -0.25) is 4.79 Å². The number of nitrogens with one attached hydrogen (secondary N) is 1. The monoisotopic (exact) mass is 357 g/mol. The number of ether oxygens (including phenoxy) is 1. The number of carboxylic acid groups (broad SMARTS) is 1. The molecule has 1 aromatic rings. The zero-order chi connectivity index (χ0) is 18.2. The predicted octanol–water partition coefficient (Wildman–Crippen LogP) is 0.880. The van der Waals surface area contributed by atoms with Crippen molar-refractivity contribution >= 4 is 21.7 Å². The summed E-state index contributed by atoms with van der Waals surface area (Å²) in [7, 11) is -3.37. The summed E-state index contributed by atoms with van der Waals surface area (Å²) in [4.78, 5) is 22.1. The van der Waals surface area contributed by atoms with Crippen molar-refractivity contribution in [2.24, 2.45) is 5.92 Å². The number of carbonyl (C=O) groups is 2. The van der Waals surface area contributed by atoms with Crippen LogP contribution < -0.4 is 10.1 Å². The van der Waals surface area contributed by atoms with E-state index in [1.54, 1.807) is 38.1 Å². The Morgan fingerprint density at radius 2 is 1.83 bits per heavy atom. The van der Waals surface area contributed by atoms with Crippen LogP contribution in [0.3, 0.4) is 0 Å². The lowest BCUT2D eigenvalue weighted by atomic mass is 10.1. The van der Waals surface area contributed by atoms with Crippen LogP contribution in [0.25, 0.3) is 0 Å². The molecule has 0 unspecified atom stereocenters. The van der Waals surface area contributed by atoms with Crippen molar-refractivity contribution < 1.29 is 27.9 Å². The molecule has 0 bridgehead atoms. The molecule has 0 spiro atoms. The molecule has 24 heavy (non-hydrogen) atoms. The second-order valence-corrected chi connectivity index (χ2v) is 7.98. The number of hydrogen-bond donors (Lipinski definition) is 2. The highest BCUT2D eigenvalue weighted by molar-refractivity contribution is 7.92. The lowest BCUT2D eigenvalue weighted by Crippen LogP contribution is -2.33. The summed E-state index contributed by atoms with van der Waals surface area (Å²) >= 11 is 0. The van der Waals surface area contributed by atoms with Crippen LogP contribution in [0, 0.1) is 5.92 Å². The zero-order valence-electron chi connectivity index (χ0n) is 13.8. The third kappa shape index (κ3) is 8.52. The molecular formula is C16H23NO6S. The molecular weight excluding hydrogens is 334 g/mol. The summed E-state index contributed by atoms with van der Waals surface area (Å²) in [5.74, 6) is -1.60. The molecule has 0 aliphatic rings. The molecule has 2 N–H and O–H groups in total. The zero-order valence-corrected chi connectivity index (χ0v) is 14.6. The number of aliphatic carboxylic acids is 1. The number of sulfone groups is 1. The first-order valence-electron chi connectivity index (χ1n) is 7.58. The minimum absolute atomic E-state index is 0.00176. The number of carbonyl (C=O) groups excluding carboxylic acids is 1. The van der Waals surface area contributed by atoms with Gasteiger partial charge in [0.05, 0.1) is 5.75 Å². The van der Waals surface area contributed by atoms with Crippen LogP contribution in [0.4, 0.5) is 0 Å². The van der Waals surface area contributed by atoms with Crippen LogP contribution in [0.1, 0.15) is 19.4 Å². The number of rotatable bonds is 10. The van der Waals surface area contributed by atoms with Crippen LogP contribution in [-0.4, -0.2) is 50.1 Å². The summed E-state index contributed by atoms with van der Waals surface area (Å²) in [5, 5.41) is 11.1. The number of benzene rings is 1. The molecule has 1 rings (SSSR count). The Morgan fingerprint density at radius 1 is 1.21 bits per heavy atom. The van der Waals surface area contributed by atoms with E-state index in [-0.39, 0.29) is 11.7 Å². The topological polar surface area (TPSA) is 110 Å². The van der Waals surface area contributed by atoms with Gasteiger partial charge in [0.25, 0.3) is 0 Å². The van der Waals surface area contributed by atoms with Crippen molar-refractivity contribution in [1.82, 2.24) is 5.32 Å². The van der Waals surface area contributed by atoms with Gasteiger partial charge in [0.1, 0.15) is 11.5 Å². The van der Waals surface area contributed by atoms with E-state index in [2.05, 4.69) is 5.32 Å². The third-order valence-corrected chi connectivity index (χ3v) is 4.84. The highest BCUT2D eigenvalue weighted by Crippen LogP contribution is 2.12. The summed E-state index contributed by atoms with van der Waals surface area (Å²) in [6, 6.07) is 6.82. The molecule has 0 atom stereocenters. The normalized spacial score (nSPS) is 11.3. The maximum Gasteiger partial charge on any atom is 0.341 e. The fourth-order valence-corrected chi connectivity index (χ4v) is 3.70. The Morgan fingerprint density at radius 3 is 2.38 bits per heavy atom. The molecule has 8 heteroatoms. The Hall–Kier alpha value is -2.09. The average molecular weight is 357 g/mol. The van der Waals surface area contributed by atoms with Crippen molar-refractivity contribution in [1.29, 1.82) is 0 Å². The second-order valence-electron chi connectivity index (χ2n) is 5.87. The number of amides is 1. The molecule has 0 saturated carbocycles. The Kier molecular flexibility index (Phi) is 7.70. The Balaban J connectivity index is 2.36. The summed E-state index contributed by atoms with van der Waals surface area (Å²) < 4.78 is 28.4. The van der Waals surface area contributed by atoms with Crippen molar-refractivity contribution in [3.63, 3.8) is 0 Å². The van der Waals surface area contributed by atoms with Crippen LogP contribution >= 0.6 is 0 Å². The first kappa shape index (κ1) is 20.0. The van der Waals surface area contributed by atoms with Crippen LogP contribution in [-0.2, 0) is 25.8 Å². The van der Waals surface area contributed by atoms with Crippen LogP contribution in [0.5, 0.6) is 5.75 Å². The molecule has 0 fully saturated rings. The summed E-state index contributed by atoms with van der Waals surface area (Å²) in [6.07, 6.45) is 0.537. The molecule has 0 heterocycles. The third-order valence-electron chi connectivity index (χ3n) is 2.96. The molecule has 0 radical (unpaired) electrons. The van der Waals surface area contributed by atoms with Crippen molar-refractivity contribution in [2.45, 2.75) is 20.3 Å². The number of hydrogen-bond acceptors (Lipinski definition) is 5. The molecule has 1 amide bonds. The van der Waals surface area contributed by atoms with E-state index in [4.69, 9.17) is 9.84 Å². The Labute approximate surface area is 141 Å². The molecule has 0 saturated heterocycles. The van der Waals surface area contributed by atoms with Gasteiger partial charge >= 0.3 is 5.97 Å². The van der Waals surface area contributed by atoms with Gasteiger partial charge in [-0.15, -0.1) is 0 Å². The van der Waals surface area contributed by atoms with Crippen molar-refractivity contribution in [2.75, 3.05) is 24.7 Å². The van der Waals surface area contributed by atoms with Crippen molar-refractivity contribution in [3.05, 3.63) is 29.8 Å². The van der Waals surface area contributed by atoms with Gasteiger partial charge in [0.2, 0.25) is 5.91 Å². The van der Waals surface area contributed by atoms with E-state index in [0.717, 1.165) is 5.56 Å². The van der Waals surface area contributed by atoms with E-state index < -0.39 is 34.1 Å². The molecule has 7 nitrogen and oxygen atoms in total. The lowest BCUT2D eigenvalue weighted by molar-refractivity contribution is -0.139. The molecule has 1 aromatic carbocycles. The fraction of sp³-hybridized carbons (Fsp3) is 0.500. The van der Waals surface area contributed by atoms with Gasteiger partial charge in [-0.2, -0.15) is 0 Å². The molecule has 0 aliphatic carbocycles. The van der Waals surface area contributed by atoms with Crippen LogP contribution in [0.2, 0.25) is 0 Å². The fourth-order valence-electron chi connectivity index (χ4n) is 2.06. The van der Waals surface area contributed by atoms with Crippen molar-refractivity contribution in [3.8, 4) is 5.75 Å². The smallest absolute Gasteiger partial charge is 0.341 e. The SMILES string of the molecule is CC(C)CS(=O)(=O)CC(=O)NCCc1ccc(OCC(=O)O)cc1. The largest absolute Gasteiger partial charge is 0.482 e. The minimum Gasteiger partial charge on any atom is -0.482 e. The number of carboxylic acids is 1. The first-order valence-corrected chi connectivity index (χ1v) is 9.41. The molecule has 134 valence electrons. The first-order chi connectivity index (χ1) is 11.2. The van der Waals surface area contributed by atoms with E-state index in [1.807, 2.05) is 0 Å². The predicted molar refractivity (Wildman–Crippen MR) is 89.8 cm³/mol. The van der Waals surface area contributed by atoms with E-state index >= 15 is 0 Å². The standard InChI is InChI=1S/C16H23NO6S/c1-12(2)10-24(21,22)11-15(18)17-8-7-13-3-5-14(6-4-13)23-9-16(19)20/h3-6,12H,7-11H2,1-2H3,(H,17,18)(H,19,20). The van der Waals surface area contributed by atoms with Crippen LogP contribution in [0.15, 0.2) is 24.3 Å². The van der Waals surface area contributed by atoms with E-state index in [0.29, 0.717) is 18.7 Å². The average Bonchev–Trinajstić information content (AvgIpc) is 2.44. The summed E-state index contributed by atoms with van der Waals surface area (Å²) in [6.45, 7) is 3.50. The van der Waals surface area contributed by atoms with Gasteiger partial charge < -0.3 is 15.2 Å². The van der Waals surface area contributed by atoms with Gasteiger partial charge in [-0.1, -0.05) is 26.0 Å². The lowest BCUT2D eigenvalue weighted by Gasteiger charge is -2.08. The maximum atomic E-state index is 11.7. The van der Waals surface area contributed by atoms with Gasteiger partial charge in [0, 0.05) is 6.54 Å². The Bertz CT molecular complexity index is 652. The molecule has 0 aliphatic heterocycles. The highest BCUT2D eigenvalue weighted by atomic mass is 32.2. The molecule has 0 aromatic heterocycles. The van der Waals surface area contributed by atoms with Gasteiger partial charge in [-0.05, 0) is 30.0 Å². The van der Waals surface area contributed by atoms with E-state index in [1.165, 1.54) is 0 Å².